The van der Waals surface area contributed by atoms with Gasteiger partial charge < -0.3 is 10.1 Å². The van der Waals surface area contributed by atoms with Crippen molar-refractivity contribution in [3.63, 3.8) is 0 Å². The maximum Gasteiger partial charge on any atom is 0.224 e. The van der Waals surface area contributed by atoms with Crippen molar-refractivity contribution in [3.8, 4) is 0 Å². The van der Waals surface area contributed by atoms with Crippen LogP contribution in [0.1, 0.15) is 31.2 Å². The van der Waals surface area contributed by atoms with E-state index in [1.807, 2.05) is 18.2 Å². The summed E-state index contributed by atoms with van der Waals surface area (Å²) in [6.07, 6.45) is 4.28. The van der Waals surface area contributed by atoms with Crippen LogP contribution in [0.5, 0.6) is 0 Å². The minimum absolute atomic E-state index is 0.0291. The van der Waals surface area contributed by atoms with Crippen LogP contribution in [0.15, 0.2) is 18.2 Å². The third-order valence-electron chi connectivity index (χ3n) is 4.85. The number of nitrogens with zero attached hydrogens (tertiary/aromatic N) is 1. The van der Waals surface area contributed by atoms with Gasteiger partial charge in [-0.05, 0) is 44.4 Å². The van der Waals surface area contributed by atoms with Crippen molar-refractivity contribution in [3.05, 3.63) is 33.8 Å². The van der Waals surface area contributed by atoms with Crippen LogP contribution >= 0.6 is 23.2 Å². The first-order valence-electron chi connectivity index (χ1n) is 8.68. The van der Waals surface area contributed by atoms with Gasteiger partial charge in [-0.2, -0.15) is 0 Å². The molecule has 1 amide bonds. The summed E-state index contributed by atoms with van der Waals surface area (Å²) in [5.74, 6) is 0.168. The lowest BCUT2D eigenvalue weighted by Gasteiger charge is -2.32. The highest BCUT2D eigenvalue weighted by atomic mass is 35.5. The number of carbonyl (C=O) groups excluding carboxylic acids is 1. The van der Waals surface area contributed by atoms with Crippen molar-refractivity contribution in [1.29, 1.82) is 0 Å². The fraction of sp³-hybridized carbons (Fsp3) is 0.611. The maximum absolute atomic E-state index is 12.4. The molecule has 2 aliphatic rings. The Kier molecular flexibility index (Phi) is 6.39. The molecule has 3 rings (SSSR count). The summed E-state index contributed by atoms with van der Waals surface area (Å²) >= 11 is 12.5. The lowest BCUT2D eigenvalue weighted by molar-refractivity contribution is -0.127. The Balaban J connectivity index is 1.52. The SMILES string of the molecule is O=C(NC[C@H]1CCCO1)[C@@H]1CCCN(Cc2c(Cl)cccc2Cl)C1. The second-order valence-corrected chi connectivity index (χ2v) is 7.47. The Morgan fingerprint density at radius 2 is 2.04 bits per heavy atom. The number of benzene rings is 1. The molecule has 0 radical (unpaired) electrons. The highest BCUT2D eigenvalue weighted by Crippen LogP contribution is 2.27. The number of carbonyl (C=O) groups is 1. The van der Waals surface area contributed by atoms with Crippen molar-refractivity contribution < 1.29 is 9.53 Å². The summed E-state index contributed by atoms with van der Waals surface area (Å²) in [6.45, 7) is 3.85. The van der Waals surface area contributed by atoms with Gasteiger partial charge in [0.2, 0.25) is 5.91 Å². The highest BCUT2D eigenvalue weighted by molar-refractivity contribution is 6.35. The van der Waals surface area contributed by atoms with Crippen molar-refractivity contribution in [2.75, 3.05) is 26.2 Å². The fourth-order valence-corrected chi connectivity index (χ4v) is 4.00. The number of likely N-dealkylation sites (tertiary alicyclic amines) is 1. The second kappa shape index (κ2) is 8.52. The molecule has 1 aromatic rings. The molecule has 132 valence electrons. The first-order chi connectivity index (χ1) is 11.6. The molecule has 0 bridgehead atoms. The van der Waals surface area contributed by atoms with E-state index in [1.54, 1.807) is 0 Å². The molecule has 0 aromatic heterocycles. The zero-order valence-electron chi connectivity index (χ0n) is 13.8. The third kappa shape index (κ3) is 4.63. The number of hydrogen-bond acceptors (Lipinski definition) is 3. The van der Waals surface area contributed by atoms with Crippen LogP contribution in [-0.4, -0.2) is 43.2 Å². The largest absolute Gasteiger partial charge is 0.376 e. The summed E-state index contributed by atoms with van der Waals surface area (Å²) < 4.78 is 5.56. The number of hydrogen-bond donors (Lipinski definition) is 1. The van der Waals surface area contributed by atoms with Crippen molar-refractivity contribution in [2.24, 2.45) is 5.92 Å². The molecular formula is C18H24Cl2N2O2. The summed E-state index contributed by atoms with van der Waals surface area (Å²) in [7, 11) is 0. The summed E-state index contributed by atoms with van der Waals surface area (Å²) in [6, 6.07) is 5.57. The van der Waals surface area contributed by atoms with E-state index in [9.17, 15) is 4.79 Å². The van der Waals surface area contributed by atoms with E-state index in [1.165, 1.54) is 0 Å². The molecule has 0 aliphatic carbocycles. The van der Waals surface area contributed by atoms with Crippen molar-refractivity contribution in [1.82, 2.24) is 10.2 Å². The van der Waals surface area contributed by atoms with Gasteiger partial charge in [0.05, 0.1) is 12.0 Å². The van der Waals surface area contributed by atoms with E-state index in [0.29, 0.717) is 23.1 Å². The summed E-state index contributed by atoms with van der Waals surface area (Å²) in [5.41, 5.74) is 0.946. The number of ether oxygens (including phenoxy) is 1. The molecule has 0 saturated carbocycles. The Hall–Kier alpha value is -0.810. The van der Waals surface area contributed by atoms with Gasteiger partial charge in [0.25, 0.3) is 0 Å². The quantitative estimate of drug-likeness (QED) is 0.862. The van der Waals surface area contributed by atoms with Crippen LogP contribution in [0.25, 0.3) is 0 Å². The van der Waals surface area contributed by atoms with Crippen LogP contribution in [-0.2, 0) is 16.1 Å². The summed E-state index contributed by atoms with van der Waals surface area (Å²) in [4.78, 5) is 14.7. The standard InChI is InChI=1S/C18H24Cl2N2O2/c19-16-6-1-7-17(20)15(16)12-22-8-2-4-13(11-22)18(23)21-10-14-5-3-9-24-14/h1,6-7,13-14H,2-5,8-12H2,(H,21,23)/t13-,14-/m1/s1. The monoisotopic (exact) mass is 370 g/mol. The lowest BCUT2D eigenvalue weighted by Crippen LogP contribution is -2.44. The minimum atomic E-state index is 0.0291. The molecule has 2 atom stereocenters. The predicted octanol–water partition coefficient (Wildman–Crippen LogP) is 3.50. The molecule has 4 nitrogen and oxygen atoms in total. The minimum Gasteiger partial charge on any atom is -0.376 e. The van der Waals surface area contributed by atoms with Gasteiger partial charge in [-0.15, -0.1) is 0 Å². The zero-order valence-corrected chi connectivity index (χ0v) is 15.3. The molecule has 2 heterocycles. The molecule has 2 saturated heterocycles. The van der Waals surface area contributed by atoms with Gasteiger partial charge in [0.1, 0.15) is 0 Å². The van der Waals surface area contributed by atoms with Gasteiger partial charge in [-0.3, -0.25) is 9.69 Å². The van der Waals surface area contributed by atoms with Gasteiger partial charge >= 0.3 is 0 Å². The van der Waals surface area contributed by atoms with E-state index >= 15 is 0 Å². The van der Waals surface area contributed by atoms with E-state index in [-0.39, 0.29) is 17.9 Å². The molecule has 0 unspecified atom stereocenters. The average molecular weight is 371 g/mol. The predicted molar refractivity (Wildman–Crippen MR) is 96.4 cm³/mol. The van der Waals surface area contributed by atoms with Crippen LogP contribution < -0.4 is 5.32 Å². The number of halogens is 2. The van der Waals surface area contributed by atoms with Crippen molar-refractivity contribution >= 4 is 29.1 Å². The van der Waals surface area contributed by atoms with E-state index in [4.69, 9.17) is 27.9 Å². The van der Waals surface area contributed by atoms with Crippen LogP contribution in [0.4, 0.5) is 0 Å². The van der Waals surface area contributed by atoms with E-state index < -0.39 is 0 Å². The molecule has 0 spiro atoms. The number of piperidine rings is 1. The molecule has 6 heteroatoms. The van der Waals surface area contributed by atoms with Gasteiger partial charge in [-0.1, -0.05) is 29.3 Å². The first kappa shape index (κ1) is 18.0. The average Bonchev–Trinajstić information content (AvgIpc) is 3.10. The Morgan fingerprint density at radius 1 is 1.25 bits per heavy atom. The van der Waals surface area contributed by atoms with E-state index in [2.05, 4.69) is 10.2 Å². The maximum atomic E-state index is 12.4. The van der Waals surface area contributed by atoms with Gasteiger partial charge in [0.15, 0.2) is 0 Å². The number of rotatable bonds is 5. The Bertz CT molecular complexity index is 556. The topological polar surface area (TPSA) is 41.6 Å². The molecule has 1 N–H and O–H groups in total. The lowest BCUT2D eigenvalue weighted by atomic mass is 9.96. The second-order valence-electron chi connectivity index (χ2n) is 6.65. The normalized spacial score (nSPS) is 24.9. The van der Waals surface area contributed by atoms with Gasteiger partial charge in [-0.25, -0.2) is 0 Å². The molecular weight excluding hydrogens is 347 g/mol. The van der Waals surface area contributed by atoms with Crippen LogP contribution in [0.3, 0.4) is 0 Å². The first-order valence-corrected chi connectivity index (χ1v) is 9.43. The number of amides is 1. The highest BCUT2D eigenvalue weighted by Gasteiger charge is 2.27. The van der Waals surface area contributed by atoms with E-state index in [0.717, 1.165) is 50.9 Å². The Morgan fingerprint density at radius 3 is 2.75 bits per heavy atom. The summed E-state index contributed by atoms with van der Waals surface area (Å²) in [5, 5.41) is 4.43. The number of nitrogens with one attached hydrogen (secondary N) is 1. The molecule has 1 aromatic carbocycles. The third-order valence-corrected chi connectivity index (χ3v) is 5.56. The Labute approximate surface area is 153 Å². The van der Waals surface area contributed by atoms with Crippen LogP contribution in [0, 0.1) is 5.92 Å². The smallest absolute Gasteiger partial charge is 0.224 e. The molecule has 2 fully saturated rings. The fourth-order valence-electron chi connectivity index (χ4n) is 3.48. The molecule has 24 heavy (non-hydrogen) atoms. The van der Waals surface area contributed by atoms with Gasteiger partial charge in [0, 0.05) is 41.8 Å². The zero-order chi connectivity index (χ0) is 16.9. The van der Waals surface area contributed by atoms with Crippen molar-refractivity contribution in [2.45, 2.75) is 38.3 Å². The van der Waals surface area contributed by atoms with Crippen LogP contribution in [0.2, 0.25) is 10.0 Å². The molecule has 2 aliphatic heterocycles.